The van der Waals surface area contributed by atoms with Crippen LogP contribution in [0.4, 0.5) is 5.69 Å². The van der Waals surface area contributed by atoms with Gasteiger partial charge in [-0.25, -0.2) is 4.79 Å². The van der Waals surface area contributed by atoms with Crippen molar-refractivity contribution in [2.75, 3.05) is 4.90 Å². The van der Waals surface area contributed by atoms with Gasteiger partial charge in [0.15, 0.2) is 0 Å². The molecule has 0 unspecified atom stereocenters. The predicted molar refractivity (Wildman–Crippen MR) is 115 cm³/mol. The average Bonchev–Trinajstić information content (AvgIpc) is 3.13. The summed E-state index contributed by atoms with van der Waals surface area (Å²) in [7, 11) is 0. The van der Waals surface area contributed by atoms with Gasteiger partial charge < -0.3 is 10.0 Å². The molecule has 29 heavy (non-hydrogen) atoms. The summed E-state index contributed by atoms with van der Waals surface area (Å²) in [5, 5.41) is 18.8. The third-order valence-corrected chi connectivity index (χ3v) is 6.75. The number of nitriles is 1. The highest BCUT2D eigenvalue weighted by Gasteiger charge is 2.33. The predicted octanol–water partition coefficient (Wildman–Crippen LogP) is 5.55. The summed E-state index contributed by atoms with van der Waals surface area (Å²) in [6.45, 7) is 6.06. The van der Waals surface area contributed by atoms with Crippen molar-refractivity contribution in [1.29, 1.82) is 5.26 Å². The average molecular weight is 411 g/mol. The Morgan fingerprint density at radius 1 is 1.17 bits per heavy atom. The number of carboxylic acid groups (broad SMARTS) is 1. The summed E-state index contributed by atoms with van der Waals surface area (Å²) in [4.78, 5) is 27.9. The van der Waals surface area contributed by atoms with Crippen molar-refractivity contribution in [2.45, 2.75) is 52.5 Å². The van der Waals surface area contributed by atoms with E-state index in [1.807, 2.05) is 26.0 Å². The second kappa shape index (κ2) is 8.79. The van der Waals surface area contributed by atoms with E-state index >= 15 is 0 Å². The van der Waals surface area contributed by atoms with Crippen LogP contribution in [0.3, 0.4) is 0 Å². The Morgan fingerprint density at radius 3 is 2.31 bits per heavy atom. The van der Waals surface area contributed by atoms with E-state index in [-0.39, 0.29) is 22.7 Å². The van der Waals surface area contributed by atoms with E-state index in [0.29, 0.717) is 17.2 Å². The van der Waals surface area contributed by atoms with Crippen molar-refractivity contribution in [3.8, 4) is 16.5 Å². The van der Waals surface area contributed by atoms with Gasteiger partial charge in [0.25, 0.3) is 0 Å². The molecule has 0 atom stereocenters. The Kier molecular flexibility index (Phi) is 6.39. The molecule has 0 radical (unpaired) electrons. The lowest BCUT2D eigenvalue weighted by Gasteiger charge is -2.33. The molecule has 1 aromatic heterocycles. The number of benzene rings is 1. The fourth-order valence-electron chi connectivity index (χ4n) is 3.92. The number of hydrogen-bond acceptors (Lipinski definition) is 4. The van der Waals surface area contributed by atoms with Crippen molar-refractivity contribution in [1.82, 2.24) is 0 Å². The zero-order valence-electron chi connectivity index (χ0n) is 17.0. The molecule has 0 spiro atoms. The van der Waals surface area contributed by atoms with Crippen molar-refractivity contribution < 1.29 is 14.7 Å². The number of nitrogens with zero attached hydrogens (tertiary/aromatic N) is 2. The minimum atomic E-state index is -1.03. The molecule has 0 aliphatic heterocycles. The molecule has 1 N–H and O–H groups in total. The molecule has 2 aromatic rings. The second-order valence-electron chi connectivity index (χ2n) is 8.08. The Morgan fingerprint density at radius 2 is 1.79 bits per heavy atom. The molecule has 1 aromatic carbocycles. The molecule has 1 amide bonds. The Hall–Kier alpha value is -2.65. The molecule has 6 heteroatoms. The third-order valence-electron chi connectivity index (χ3n) is 5.58. The van der Waals surface area contributed by atoms with E-state index in [1.165, 1.54) is 11.3 Å². The number of carbonyl (C=O) groups excluding carboxylic acids is 1. The molecule has 1 fully saturated rings. The molecule has 152 valence electrons. The zero-order chi connectivity index (χ0) is 21.1. The van der Waals surface area contributed by atoms with Crippen LogP contribution in [0.25, 0.3) is 10.4 Å². The van der Waals surface area contributed by atoms with Crippen LogP contribution in [0.2, 0.25) is 0 Å². The zero-order valence-corrected chi connectivity index (χ0v) is 17.8. The lowest BCUT2D eigenvalue weighted by molar-refractivity contribution is -0.123. The van der Waals surface area contributed by atoms with Gasteiger partial charge in [0.2, 0.25) is 5.91 Å². The molecule has 3 rings (SSSR count). The number of rotatable bonds is 5. The van der Waals surface area contributed by atoms with Crippen molar-refractivity contribution in [3.05, 3.63) is 40.8 Å². The molecule has 0 saturated heterocycles. The van der Waals surface area contributed by atoms with Crippen LogP contribution < -0.4 is 4.90 Å². The fraction of sp³-hybridized carbons (Fsp3) is 0.435. The highest BCUT2D eigenvalue weighted by atomic mass is 32.1. The summed E-state index contributed by atoms with van der Waals surface area (Å²) < 4.78 is 0. The van der Waals surface area contributed by atoms with E-state index < -0.39 is 5.97 Å². The second-order valence-corrected chi connectivity index (χ2v) is 9.13. The fourth-order valence-corrected chi connectivity index (χ4v) is 4.91. The van der Waals surface area contributed by atoms with Crippen LogP contribution in [0.1, 0.15) is 61.7 Å². The summed E-state index contributed by atoms with van der Waals surface area (Å²) in [6.07, 6.45) is 3.79. The van der Waals surface area contributed by atoms with Crippen molar-refractivity contribution in [3.63, 3.8) is 0 Å². The van der Waals surface area contributed by atoms with E-state index in [1.54, 1.807) is 23.1 Å². The quantitative estimate of drug-likeness (QED) is 0.700. The minimum Gasteiger partial charge on any atom is -0.477 e. The van der Waals surface area contributed by atoms with Crippen molar-refractivity contribution in [2.24, 2.45) is 11.8 Å². The molecule has 1 aliphatic rings. The number of amides is 1. The Labute approximate surface area is 175 Å². The van der Waals surface area contributed by atoms with Gasteiger partial charge >= 0.3 is 5.97 Å². The van der Waals surface area contributed by atoms with Crippen LogP contribution in [0.15, 0.2) is 30.3 Å². The Bertz CT molecular complexity index is 932. The van der Waals surface area contributed by atoms with Crippen LogP contribution in [0, 0.1) is 23.2 Å². The topological polar surface area (TPSA) is 81.4 Å². The number of aromatic carboxylic acids is 1. The largest absolute Gasteiger partial charge is 0.477 e. The monoisotopic (exact) mass is 410 g/mol. The maximum atomic E-state index is 13.4. The lowest BCUT2D eigenvalue weighted by Crippen LogP contribution is -2.42. The molecule has 5 nitrogen and oxygen atoms in total. The van der Waals surface area contributed by atoms with Gasteiger partial charge in [0, 0.05) is 16.8 Å². The first-order valence-electron chi connectivity index (χ1n) is 10.0. The van der Waals surface area contributed by atoms with Gasteiger partial charge in [0.1, 0.15) is 4.88 Å². The van der Waals surface area contributed by atoms with Gasteiger partial charge in [-0.1, -0.05) is 19.1 Å². The first-order chi connectivity index (χ1) is 13.8. The van der Waals surface area contributed by atoms with Gasteiger partial charge in [0.05, 0.1) is 17.3 Å². The first kappa shape index (κ1) is 21.1. The highest BCUT2D eigenvalue weighted by Crippen LogP contribution is 2.39. The number of carboxylic acids is 1. The van der Waals surface area contributed by atoms with Gasteiger partial charge in [-0.3, -0.25) is 4.79 Å². The standard InChI is InChI=1S/C23H26N2O3S/c1-14(2)25(22(26)18-8-4-15(3)5-9-18)19-12-20(29-21(19)23(27)28)17-10-6-16(13-24)7-11-17/h6-7,10-12,14-15,18H,4-5,8-9H2,1-3H3,(H,27,28)/t15-,18-. The van der Waals surface area contributed by atoms with Crippen molar-refractivity contribution >= 4 is 28.9 Å². The summed E-state index contributed by atoms with van der Waals surface area (Å²) in [5.41, 5.74) is 1.86. The number of carbonyl (C=O) groups is 2. The van der Waals surface area contributed by atoms with Gasteiger partial charge in [-0.15, -0.1) is 11.3 Å². The smallest absolute Gasteiger partial charge is 0.348 e. The maximum Gasteiger partial charge on any atom is 0.348 e. The SMILES string of the molecule is CC(C)N(c1cc(-c2ccc(C#N)cc2)sc1C(=O)O)C(=O)[C@H]1CC[C@H](C)CC1. The minimum absolute atomic E-state index is 0.0265. The Balaban J connectivity index is 1.99. The number of hydrogen-bond donors (Lipinski definition) is 1. The van der Waals surface area contributed by atoms with E-state index in [4.69, 9.17) is 5.26 Å². The summed E-state index contributed by atoms with van der Waals surface area (Å²) >= 11 is 1.17. The molecule has 1 saturated carbocycles. The van der Waals surface area contributed by atoms with Gasteiger partial charge in [-0.2, -0.15) is 5.26 Å². The van der Waals surface area contributed by atoms with Crippen LogP contribution >= 0.6 is 11.3 Å². The van der Waals surface area contributed by atoms with E-state index in [9.17, 15) is 14.7 Å². The molecular weight excluding hydrogens is 384 g/mol. The van der Waals surface area contributed by atoms with Crippen LogP contribution in [-0.4, -0.2) is 23.0 Å². The number of anilines is 1. The highest BCUT2D eigenvalue weighted by molar-refractivity contribution is 7.18. The molecule has 1 heterocycles. The van der Waals surface area contributed by atoms with Crippen LogP contribution in [-0.2, 0) is 4.79 Å². The summed E-state index contributed by atoms with van der Waals surface area (Å²) in [5.74, 6) is -0.405. The van der Waals surface area contributed by atoms with E-state index in [0.717, 1.165) is 36.1 Å². The molecule has 0 bridgehead atoms. The van der Waals surface area contributed by atoms with Gasteiger partial charge in [-0.05, 0) is 69.2 Å². The summed E-state index contributed by atoms with van der Waals surface area (Å²) in [6, 6.07) is 10.8. The lowest BCUT2D eigenvalue weighted by atomic mass is 9.82. The molecular formula is C23H26N2O3S. The first-order valence-corrected chi connectivity index (χ1v) is 10.8. The third kappa shape index (κ3) is 4.51. The van der Waals surface area contributed by atoms with Crippen LogP contribution in [0.5, 0.6) is 0 Å². The number of thiophene rings is 1. The normalized spacial score (nSPS) is 19.0. The molecule has 1 aliphatic carbocycles. The maximum absolute atomic E-state index is 13.4. The van der Waals surface area contributed by atoms with E-state index in [2.05, 4.69) is 13.0 Å².